The fourth-order valence-corrected chi connectivity index (χ4v) is 8.59. The summed E-state index contributed by atoms with van der Waals surface area (Å²) in [6.45, 7) is 5.10. The number of benzene rings is 9. The smallest absolute Gasteiger partial charge is 0.497 e. The molecule has 0 bridgehead atoms. The van der Waals surface area contributed by atoms with Crippen LogP contribution in [0.15, 0.2) is 231 Å². The zero-order valence-electron chi connectivity index (χ0n) is 42.3. The summed E-state index contributed by atoms with van der Waals surface area (Å²) in [5.41, 5.74) is 17.0. The number of anilines is 6. The third-order valence-electron chi connectivity index (χ3n) is 12.4. The predicted octanol–water partition coefficient (Wildman–Crippen LogP) is 16.4. The van der Waals surface area contributed by atoms with E-state index in [0.717, 1.165) is 90.0 Å². The molecule has 9 nitrogen and oxygen atoms in total. The molecular formula is C66H56N2O7. The Labute approximate surface area is 438 Å². The molecule has 0 saturated heterocycles. The van der Waals surface area contributed by atoms with Gasteiger partial charge in [-0.25, -0.2) is 9.59 Å². The van der Waals surface area contributed by atoms with Crippen LogP contribution in [0.1, 0.15) is 51.4 Å². The van der Waals surface area contributed by atoms with Crippen LogP contribution in [-0.2, 0) is 19.3 Å². The number of hydrogen-bond acceptors (Lipinski definition) is 9. The van der Waals surface area contributed by atoms with Gasteiger partial charge in [0.25, 0.3) is 0 Å². The van der Waals surface area contributed by atoms with Gasteiger partial charge in [0.05, 0.1) is 7.11 Å². The molecule has 9 heteroatoms. The summed E-state index contributed by atoms with van der Waals surface area (Å²) in [6, 6.07) is 79.3. The summed E-state index contributed by atoms with van der Waals surface area (Å²) in [4.78, 5) is 36.7. The first kappa shape index (κ1) is 50.5. The number of methoxy groups -OCH3 is 1. The van der Waals surface area contributed by atoms with Gasteiger partial charge < -0.3 is 24.0 Å². The van der Waals surface area contributed by atoms with Crippen LogP contribution in [0.25, 0.3) is 23.3 Å². The highest BCUT2D eigenvalue weighted by atomic mass is 17.2. The van der Waals surface area contributed by atoms with Gasteiger partial charge >= 0.3 is 12.1 Å². The summed E-state index contributed by atoms with van der Waals surface area (Å²) < 4.78 is 15.9. The summed E-state index contributed by atoms with van der Waals surface area (Å²) in [5.74, 6) is 0.517. The van der Waals surface area contributed by atoms with Crippen molar-refractivity contribution in [3.05, 3.63) is 275 Å². The minimum atomic E-state index is -0.904. The van der Waals surface area contributed by atoms with Crippen LogP contribution in [0, 0.1) is 13.8 Å². The molecule has 0 atom stereocenters. The number of carbonyl (C=O) groups is 2. The lowest BCUT2D eigenvalue weighted by atomic mass is 9.91. The first-order valence-corrected chi connectivity index (χ1v) is 24.6. The molecule has 0 aliphatic carbocycles. The van der Waals surface area contributed by atoms with Crippen molar-refractivity contribution in [2.24, 2.45) is 0 Å². The largest absolute Gasteiger partial charge is 0.513 e. The molecular weight excluding hydrogens is 933 g/mol. The molecule has 0 fully saturated rings. The Kier molecular flexibility index (Phi) is 16.4. The molecule has 0 aromatic heterocycles. The molecule has 0 spiro atoms. The maximum absolute atomic E-state index is 12.3. The summed E-state index contributed by atoms with van der Waals surface area (Å²) in [7, 11) is 1.69. The number of hydrogen-bond donors (Lipinski definition) is 0. The van der Waals surface area contributed by atoms with Crippen molar-refractivity contribution in [2.75, 3.05) is 30.1 Å². The fourth-order valence-electron chi connectivity index (χ4n) is 8.59. The van der Waals surface area contributed by atoms with Gasteiger partial charge in [0.2, 0.25) is 0 Å². The Balaban J connectivity index is 0.985. The van der Waals surface area contributed by atoms with Crippen LogP contribution in [0.5, 0.6) is 11.5 Å². The Morgan fingerprint density at radius 2 is 0.760 bits per heavy atom. The molecule has 0 unspecified atom stereocenters. The van der Waals surface area contributed by atoms with Gasteiger partial charge in [0, 0.05) is 41.0 Å². The molecule has 0 heterocycles. The molecule has 75 heavy (non-hydrogen) atoms. The van der Waals surface area contributed by atoms with Gasteiger partial charge in [-0.05, 0) is 168 Å². The van der Waals surface area contributed by atoms with E-state index in [2.05, 4.69) is 234 Å². The molecule has 0 aliphatic rings. The van der Waals surface area contributed by atoms with E-state index in [0.29, 0.717) is 5.75 Å². The Bertz CT molecular complexity index is 3360. The Morgan fingerprint density at radius 1 is 0.413 bits per heavy atom. The summed E-state index contributed by atoms with van der Waals surface area (Å²) in [5, 5.41) is 0. The van der Waals surface area contributed by atoms with Crippen molar-refractivity contribution < 1.29 is 33.6 Å². The Hall–Kier alpha value is -9.44. The fraction of sp³-hybridized carbons (Fsp3) is 0.0909. The maximum atomic E-state index is 12.3. The van der Waals surface area contributed by atoms with E-state index in [9.17, 15) is 9.59 Å². The van der Waals surface area contributed by atoms with Crippen LogP contribution in [-0.4, -0.2) is 32.4 Å². The quantitative estimate of drug-likeness (QED) is 0.0208. The molecule has 9 rings (SSSR count). The highest BCUT2D eigenvalue weighted by Crippen LogP contribution is 2.39. The third-order valence-corrected chi connectivity index (χ3v) is 12.4. The van der Waals surface area contributed by atoms with Crippen molar-refractivity contribution >= 4 is 69.5 Å². The van der Waals surface area contributed by atoms with E-state index in [4.69, 9.17) is 14.2 Å². The predicted molar refractivity (Wildman–Crippen MR) is 301 cm³/mol. The zero-order chi connectivity index (χ0) is 51.9. The molecule has 0 N–H and O–H groups in total. The molecule has 0 saturated carbocycles. The highest BCUT2D eigenvalue weighted by molar-refractivity contribution is 5.95. The average molecular weight is 989 g/mol. The van der Waals surface area contributed by atoms with Crippen LogP contribution in [0.3, 0.4) is 0 Å². The number of nitrogens with zero attached hydrogens (tertiary/aromatic N) is 2. The molecule has 9 aromatic rings. The zero-order valence-corrected chi connectivity index (χ0v) is 42.3. The molecule has 0 radical (unpaired) electrons. The first-order chi connectivity index (χ1) is 36.7. The van der Waals surface area contributed by atoms with E-state index < -0.39 is 12.1 Å². The van der Waals surface area contributed by atoms with E-state index in [1.165, 1.54) is 12.5 Å². The van der Waals surface area contributed by atoms with Crippen molar-refractivity contribution in [3.8, 4) is 11.5 Å². The standard InChI is InChI=1S/C66H56N2O7/c1-47-15-27-56(28-16-47)67(60-35-39-62(71-4)40-36-60)58-31-19-50(20-32-58)45-64(52-11-7-5-8-12-52)54-23-25-55(26-24-54)65(53-13-9-6-10-14-53)46-51-21-33-59(34-22-51)68(57-29-17-48(2)18-30-57)61-37-41-63(42-38-61)74-66(70)72-43-44-73-75-49(3)69/h5-42,45-46H,43-44H2,1-4H3. The lowest BCUT2D eigenvalue weighted by Gasteiger charge is -2.26. The molecule has 0 aliphatic heterocycles. The number of aryl methyl sites for hydroxylation is 2. The van der Waals surface area contributed by atoms with Gasteiger partial charge in [0.15, 0.2) is 0 Å². The summed E-state index contributed by atoms with van der Waals surface area (Å²) >= 11 is 0. The minimum absolute atomic E-state index is 0.122. The van der Waals surface area contributed by atoms with Crippen LogP contribution < -0.4 is 19.3 Å². The third kappa shape index (κ3) is 13.2. The van der Waals surface area contributed by atoms with Crippen molar-refractivity contribution in [1.29, 1.82) is 0 Å². The molecule has 372 valence electrons. The van der Waals surface area contributed by atoms with Crippen molar-refractivity contribution in [2.45, 2.75) is 20.8 Å². The second-order valence-electron chi connectivity index (χ2n) is 17.7. The van der Waals surface area contributed by atoms with E-state index >= 15 is 0 Å². The number of carbonyl (C=O) groups excluding carboxylic acids is 2. The van der Waals surface area contributed by atoms with E-state index in [1.807, 2.05) is 30.3 Å². The Morgan fingerprint density at radius 3 is 1.13 bits per heavy atom. The SMILES string of the molecule is COc1ccc(N(c2ccc(C)cc2)c2ccc(C=C(c3ccccc3)c3ccc(C(=Cc4ccc(N(c5ccc(C)cc5)c5ccc(OC(=O)OCCOOC(C)=O)cc5)cc4)c4ccccc4)cc3)cc2)cc1. The topological polar surface area (TPSA) is 86.8 Å². The monoisotopic (exact) mass is 988 g/mol. The van der Waals surface area contributed by atoms with Gasteiger partial charge in [-0.1, -0.05) is 145 Å². The maximum Gasteiger partial charge on any atom is 0.513 e. The highest BCUT2D eigenvalue weighted by Gasteiger charge is 2.17. The average Bonchev–Trinajstić information content (AvgIpc) is 3.45. The first-order valence-electron chi connectivity index (χ1n) is 24.6. The van der Waals surface area contributed by atoms with Crippen LogP contribution >= 0.6 is 0 Å². The van der Waals surface area contributed by atoms with E-state index in [-0.39, 0.29) is 13.2 Å². The van der Waals surface area contributed by atoms with Crippen LogP contribution in [0.4, 0.5) is 38.9 Å². The minimum Gasteiger partial charge on any atom is -0.497 e. The second-order valence-corrected chi connectivity index (χ2v) is 17.7. The second kappa shape index (κ2) is 24.3. The number of rotatable bonds is 18. The lowest BCUT2D eigenvalue weighted by Crippen LogP contribution is -2.15. The van der Waals surface area contributed by atoms with Gasteiger partial charge in [-0.2, -0.15) is 4.89 Å². The summed E-state index contributed by atoms with van der Waals surface area (Å²) in [6.07, 6.45) is 3.60. The molecule has 9 aromatic carbocycles. The van der Waals surface area contributed by atoms with Gasteiger partial charge in [-0.3, -0.25) is 4.89 Å². The van der Waals surface area contributed by atoms with Gasteiger partial charge in [0.1, 0.15) is 24.7 Å². The lowest BCUT2D eigenvalue weighted by molar-refractivity contribution is -0.273. The van der Waals surface area contributed by atoms with Gasteiger partial charge in [-0.15, -0.1) is 0 Å². The van der Waals surface area contributed by atoms with Crippen molar-refractivity contribution in [3.63, 3.8) is 0 Å². The van der Waals surface area contributed by atoms with E-state index in [1.54, 1.807) is 19.2 Å². The molecule has 0 amide bonds. The van der Waals surface area contributed by atoms with Crippen LogP contribution in [0.2, 0.25) is 0 Å². The number of ether oxygens (including phenoxy) is 3. The normalized spacial score (nSPS) is 11.4. The van der Waals surface area contributed by atoms with Crippen molar-refractivity contribution in [1.82, 2.24) is 0 Å².